The van der Waals surface area contributed by atoms with Crippen molar-refractivity contribution < 1.29 is 14.5 Å². The Morgan fingerprint density at radius 1 is 1.15 bits per heavy atom. The van der Waals surface area contributed by atoms with Crippen LogP contribution in [0.1, 0.15) is 31.8 Å². The second-order valence-electron chi connectivity index (χ2n) is 6.29. The average molecular weight is 382 g/mol. The molecule has 27 heavy (non-hydrogen) atoms. The highest BCUT2D eigenvalue weighted by atomic mass is 35.5. The number of imide groups is 1. The van der Waals surface area contributed by atoms with Crippen LogP contribution in [0.3, 0.4) is 0 Å². The first kappa shape index (κ1) is 17.1. The maximum atomic E-state index is 12.7. The first-order valence-electron chi connectivity index (χ1n) is 8.06. The molecule has 0 saturated carbocycles. The summed E-state index contributed by atoms with van der Waals surface area (Å²) in [5.41, 5.74) is 1.69. The summed E-state index contributed by atoms with van der Waals surface area (Å²) in [4.78, 5) is 41.1. The largest absolute Gasteiger partial charge is 0.282 e. The summed E-state index contributed by atoms with van der Waals surface area (Å²) in [6.07, 6.45) is 0. The minimum Gasteiger partial charge on any atom is -0.270 e. The van der Waals surface area contributed by atoms with Crippen LogP contribution in [0.2, 0.25) is 5.15 Å². The summed E-state index contributed by atoms with van der Waals surface area (Å²) in [6.45, 7) is 1.83. The highest BCUT2D eigenvalue weighted by molar-refractivity contribution is 6.30. The minimum absolute atomic E-state index is 0.0229. The lowest BCUT2D eigenvalue weighted by atomic mass is 10.1. The SMILES string of the molecule is Cc1ccc2cc(CN3C(=O)c4cccc([N+](=O)[O-])c4C3=O)c(Cl)nc2c1. The van der Waals surface area contributed by atoms with Crippen LogP contribution in [-0.4, -0.2) is 26.6 Å². The molecule has 0 aliphatic carbocycles. The standard InChI is InChI=1S/C19H12ClN3O4/c1-10-5-6-11-8-12(17(20)21-14(11)7-10)9-22-18(24)13-3-2-4-15(23(26)27)16(13)19(22)25/h2-8H,9H2,1H3. The highest BCUT2D eigenvalue weighted by Crippen LogP contribution is 2.32. The lowest BCUT2D eigenvalue weighted by molar-refractivity contribution is -0.385. The number of carbonyl (C=O) groups excluding carboxylic acids is 2. The Kier molecular flexibility index (Phi) is 3.89. The van der Waals surface area contributed by atoms with Crippen molar-refractivity contribution >= 4 is 40.0 Å². The van der Waals surface area contributed by atoms with Crippen LogP contribution in [0.4, 0.5) is 5.69 Å². The fourth-order valence-corrected chi connectivity index (χ4v) is 3.40. The third-order valence-corrected chi connectivity index (χ3v) is 4.83. The zero-order valence-corrected chi connectivity index (χ0v) is 14.9. The molecule has 2 heterocycles. The number of rotatable bonds is 3. The molecule has 0 saturated heterocycles. The zero-order chi connectivity index (χ0) is 19.3. The van der Waals surface area contributed by atoms with Crippen molar-refractivity contribution in [3.63, 3.8) is 0 Å². The molecule has 2 amide bonds. The van der Waals surface area contributed by atoms with E-state index in [2.05, 4.69) is 4.98 Å². The Balaban J connectivity index is 1.75. The molecule has 0 fully saturated rings. The highest BCUT2D eigenvalue weighted by Gasteiger charge is 2.41. The van der Waals surface area contributed by atoms with Gasteiger partial charge in [0.1, 0.15) is 10.7 Å². The van der Waals surface area contributed by atoms with E-state index in [1.54, 1.807) is 6.07 Å². The predicted molar refractivity (Wildman–Crippen MR) is 98.8 cm³/mol. The van der Waals surface area contributed by atoms with E-state index < -0.39 is 16.7 Å². The number of benzene rings is 2. The first-order chi connectivity index (χ1) is 12.9. The molecule has 1 aliphatic rings. The molecule has 134 valence electrons. The molecular weight excluding hydrogens is 370 g/mol. The summed E-state index contributed by atoms with van der Waals surface area (Å²) in [6, 6.07) is 11.5. The Morgan fingerprint density at radius 2 is 1.93 bits per heavy atom. The maximum Gasteiger partial charge on any atom is 0.282 e. The quantitative estimate of drug-likeness (QED) is 0.297. The summed E-state index contributed by atoms with van der Waals surface area (Å²) in [5.74, 6) is -1.29. The fraction of sp³-hybridized carbons (Fsp3) is 0.105. The van der Waals surface area contributed by atoms with Crippen molar-refractivity contribution in [2.75, 3.05) is 0 Å². The van der Waals surface area contributed by atoms with E-state index in [4.69, 9.17) is 11.6 Å². The average Bonchev–Trinajstić information content (AvgIpc) is 2.87. The summed E-state index contributed by atoms with van der Waals surface area (Å²) >= 11 is 6.25. The molecule has 0 spiro atoms. The molecule has 8 heteroatoms. The lowest BCUT2D eigenvalue weighted by Crippen LogP contribution is -2.29. The third-order valence-electron chi connectivity index (χ3n) is 4.50. The molecule has 0 unspecified atom stereocenters. The number of hydrogen-bond donors (Lipinski definition) is 0. The van der Waals surface area contributed by atoms with Gasteiger partial charge in [-0.1, -0.05) is 29.8 Å². The maximum absolute atomic E-state index is 12.7. The number of nitro groups is 1. The Morgan fingerprint density at radius 3 is 2.67 bits per heavy atom. The van der Waals surface area contributed by atoms with Crippen LogP contribution in [0.25, 0.3) is 10.9 Å². The van der Waals surface area contributed by atoms with Crippen LogP contribution < -0.4 is 0 Å². The first-order valence-corrected chi connectivity index (χ1v) is 8.44. The number of amides is 2. The number of aryl methyl sites for hydroxylation is 1. The summed E-state index contributed by atoms with van der Waals surface area (Å²) < 4.78 is 0. The van der Waals surface area contributed by atoms with Crippen molar-refractivity contribution in [2.45, 2.75) is 13.5 Å². The molecule has 0 bridgehead atoms. The van der Waals surface area contributed by atoms with E-state index in [-0.39, 0.29) is 28.5 Å². The minimum atomic E-state index is -0.706. The van der Waals surface area contributed by atoms with E-state index in [0.29, 0.717) is 11.1 Å². The molecular formula is C19H12ClN3O4. The molecule has 3 aromatic rings. The second-order valence-corrected chi connectivity index (χ2v) is 6.65. The molecule has 7 nitrogen and oxygen atoms in total. The van der Waals surface area contributed by atoms with Crippen molar-refractivity contribution in [2.24, 2.45) is 0 Å². The Bertz CT molecular complexity index is 1160. The zero-order valence-electron chi connectivity index (χ0n) is 14.1. The van der Waals surface area contributed by atoms with Gasteiger partial charge in [-0.25, -0.2) is 4.98 Å². The van der Waals surface area contributed by atoms with Gasteiger partial charge in [-0.3, -0.25) is 24.6 Å². The number of carbonyl (C=O) groups is 2. The van der Waals surface area contributed by atoms with Gasteiger partial charge in [0.25, 0.3) is 17.5 Å². The van der Waals surface area contributed by atoms with Crippen LogP contribution >= 0.6 is 11.6 Å². The van der Waals surface area contributed by atoms with Crippen LogP contribution in [-0.2, 0) is 6.54 Å². The van der Waals surface area contributed by atoms with Crippen LogP contribution in [0, 0.1) is 17.0 Å². The molecule has 4 rings (SSSR count). The van der Waals surface area contributed by atoms with Gasteiger partial charge in [0, 0.05) is 17.0 Å². The third kappa shape index (κ3) is 2.72. The van der Waals surface area contributed by atoms with E-state index >= 15 is 0 Å². The molecule has 0 atom stereocenters. The van der Waals surface area contributed by atoms with E-state index in [9.17, 15) is 19.7 Å². The van der Waals surface area contributed by atoms with E-state index in [1.165, 1.54) is 18.2 Å². The van der Waals surface area contributed by atoms with E-state index in [0.717, 1.165) is 15.8 Å². The summed E-state index contributed by atoms with van der Waals surface area (Å²) in [7, 11) is 0. The molecule has 0 N–H and O–H groups in total. The number of aromatic nitrogens is 1. The van der Waals surface area contributed by atoms with E-state index in [1.807, 2.05) is 25.1 Å². The van der Waals surface area contributed by atoms with Gasteiger partial charge in [0.2, 0.25) is 0 Å². The van der Waals surface area contributed by atoms with Gasteiger partial charge in [-0.2, -0.15) is 0 Å². The molecule has 1 aromatic heterocycles. The Labute approximate surface area is 158 Å². The van der Waals surface area contributed by atoms with Gasteiger partial charge >= 0.3 is 0 Å². The molecule has 2 aromatic carbocycles. The van der Waals surface area contributed by atoms with Crippen molar-refractivity contribution in [3.05, 3.63) is 80.0 Å². The number of pyridine rings is 1. The number of nitrogens with zero attached hydrogens (tertiary/aromatic N) is 3. The normalized spacial score (nSPS) is 13.3. The van der Waals surface area contributed by atoms with Crippen molar-refractivity contribution in [1.82, 2.24) is 9.88 Å². The second kappa shape index (κ2) is 6.14. The van der Waals surface area contributed by atoms with Crippen molar-refractivity contribution in [3.8, 4) is 0 Å². The fourth-order valence-electron chi connectivity index (χ4n) is 3.19. The number of hydrogen-bond acceptors (Lipinski definition) is 5. The van der Waals surface area contributed by atoms with Gasteiger partial charge < -0.3 is 0 Å². The predicted octanol–water partition coefficient (Wildman–Crippen LogP) is 3.90. The summed E-state index contributed by atoms with van der Waals surface area (Å²) in [5, 5.41) is 12.2. The van der Waals surface area contributed by atoms with Crippen molar-refractivity contribution in [1.29, 1.82) is 0 Å². The van der Waals surface area contributed by atoms with Gasteiger partial charge in [-0.05, 0) is 30.7 Å². The topological polar surface area (TPSA) is 93.4 Å². The lowest BCUT2D eigenvalue weighted by Gasteiger charge is -2.15. The molecule has 1 aliphatic heterocycles. The van der Waals surface area contributed by atoms with Crippen LogP contribution in [0.15, 0.2) is 42.5 Å². The van der Waals surface area contributed by atoms with Gasteiger partial charge in [0.15, 0.2) is 0 Å². The van der Waals surface area contributed by atoms with Crippen LogP contribution in [0.5, 0.6) is 0 Å². The van der Waals surface area contributed by atoms with Gasteiger partial charge in [-0.15, -0.1) is 0 Å². The number of nitro benzene ring substituents is 1. The number of fused-ring (bicyclic) bond motifs is 2. The monoisotopic (exact) mass is 381 g/mol. The smallest absolute Gasteiger partial charge is 0.270 e. The Hall–Kier alpha value is -3.32. The van der Waals surface area contributed by atoms with Gasteiger partial charge in [0.05, 0.1) is 22.5 Å². The molecule has 0 radical (unpaired) electrons. The number of halogens is 1.